The fourth-order valence-corrected chi connectivity index (χ4v) is 14.8. The minimum Gasteiger partial charge on any atom is -0.309 e. The van der Waals surface area contributed by atoms with Crippen molar-refractivity contribution in [2.24, 2.45) is 0 Å². The fourth-order valence-electron chi connectivity index (χ4n) is 11.4. The van der Waals surface area contributed by atoms with E-state index in [0.29, 0.717) is 0 Å². The number of nitrogens with zero attached hydrogens (tertiary/aromatic N) is 3. The highest BCUT2D eigenvalue weighted by atomic mass is 32.1. The molecule has 10 aromatic carbocycles. The highest BCUT2D eigenvalue weighted by Crippen LogP contribution is 2.54. The molecule has 0 bridgehead atoms. The second-order valence-electron chi connectivity index (χ2n) is 19.2. The molecule has 3 aromatic heterocycles. The number of aryl methyl sites for hydroxylation is 6. The van der Waals surface area contributed by atoms with Gasteiger partial charge in [0.15, 0.2) is 0 Å². The molecule has 3 heterocycles. The minimum absolute atomic E-state index is 1.07. The number of anilines is 9. The van der Waals surface area contributed by atoms with Crippen LogP contribution in [0.5, 0.6) is 0 Å². The second kappa shape index (κ2) is 17.5. The van der Waals surface area contributed by atoms with Gasteiger partial charge >= 0.3 is 0 Å². The Bertz CT molecular complexity index is 3780. The summed E-state index contributed by atoms with van der Waals surface area (Å²) in [5, 5.41) is 7.58. The van der Waals surface area contributed by atoms with Crippen molar-refractivity contribution < 1.29 is 0 Å². The Morgan fingerprint density at radius 1 is 0.250 bits per heavy atom. The van der Waals surface area contributed by atoms with Gasteiger partial charge in [0.2, 0.25) is 0 Å². The van der Waals surface area contributed by atoms with Crippen LogP contribution in [0.3, 0.4) is 0 Å². The van der Waals surface area contributed by atoms with Crippen LogP contribution in [0.1, 0.15) is 33.4 Å². The lowest BCUT2D eigenvalue weighted by molar-refractivity contribution is 1.18. The number of para-hydroxylation sites is 3. The summed E-state index contributed by atoms with van der Waals surface area (Å²) in [6.45, 7) is 13.6. The summed E-state index contributed by atoms with van der Waals surface area (Å²) in [4.78, 5) is 7.73. The standard InChI is InChI=1S/C66H51N3S3/c1-40-19-13-20-41(2)64(40)67(52-28-16-34-58-61(52)49-25-7-10-31-55(49)70-58)46-37-47(68(65-42(3)21-14-22-43(65)4)53-29-17-35-59-62(53)50-26-8-11-32-56(50)71-59)39-48(38-46)69(66-44(5)23-15-24-45(66)6)54-30-18-36-60-63(54)51-27-9-12-33-57(51)72-60/h7-39H,1-6H3. The van der Waals surface area contributed by atoms with Crippen LogP contribution in [0.4, 0.5) is 51.2 Å². The molecule has 0 aliphatic rings. The van der Waals surface area contributed by atoms with Crippen LogP contribution in [0.25, 0.3) is 60.5 Å². The number of rotatable bonds is 9. The molecule has 13 aromatic rings. The van der Waals surface area contributed by atoms with Gasteiger partial charge in [-0.25, -0.2) is 0 Å². The van der Waals surface area contributed by atoms with E-state index >= 15 is 0 Å². The van der Waals surface area contributed by atoms with Gasteiger partial charge in [0.1, 0.15) is 0 Å². The van der Waals surface area contributed by atoms with E-state index < -0.39 is 0 Å². The third kappa shape index (κ3) is 7.11. The molecule has 0 amide bonds. The van der Waals surface area contributed by atoms with E-state index in [0.717, 1.165) is 34.1 Å². The average molecular weight is 982 g/mol. The molecular weight excluding hydrogens is 931 g/mol. The van der Waals surface area contributed by atoms with Crippen LogP contribution < -0.4 is 14.7 Å². The van der Waals surface area contributed by atoms with Gasteiger partial charge in [-0.05, 0) is 148 Å². The maximum atomic E-state index is 2.58. The molecule has 0 radical (unpaired) electrons. The van der Waals surface area contributed by atoms with Gasteiger partial charge in [-0.2, -0.15) is 0 Å². The Morgan fingerprint density at radius 3 is 0.764 bits per heavy atom. The van der Waals surface area contributed by atoms with Gasteiger partial charge in [-0.1, -0.05) is 127 Å². The molecule has 6 heteroatoms. The molecular formula is C66H51N3S3. The lowest BCUT2D eigenvalue weighted by atomic mass is 10.00. The van der Waals surface area contributed by atoms with Crippen molar-refractivity contribution in [3.8, 4) is 0 Å². The summed E-state index contributed by atoms with van der Waals surface area (Å²) >= 11 is 5.60. The van der Waals surface area contributed by atoms with E-state index in [2.05, 4.69) is 256 Å². The number of benzene rings is 10. The molecule has 0 N–H and O–H groups in total. The van der Waals surface area contributed by atoms with Crippen LogP contribution in [0.2, 0.25) is 0 Å². The van der Waals surface area contributed by atoms with E-state index in [1.165, 1.54) is 111 Å². The molecule has 0 saturated carbocycles. The first-order valence-electron chi connectivity index (χ1n) is 24.7. The molecule has 0 aliphatic carbocycles. The third-order valence-electron chi connectivity index (χ3n) is 14.5. The van der Waals surface area contributed by atoms with Crippen LogP contribution in [0.15, 0.2) is 200 Å². The lowest BCUT2D eigenvalue weighted by Crippen LogP contribution is -2.19. The molecule has 0 aliphatic heterocycles. The first-order chi connectivity index (χ1) is 35.2. The zero-order valence-electron chi connectivity index (χ0n) is 41.1. The topological polar surface area (TPSA) is 9.72 Å². The predicted molar refractivity (Wildman–Crippen MR) is 318 cm³/mol. The van der Waals surface area contributed by atoms with E-state index in [9.17, 15) is 0 Å². The van der Waals surface area contributed by atoms with Crippen molar-refractivity contribution in [1.82, 2.24) is 0 Å². The molecule has 13 rings (SSSR count). The van der Waals surface area contributed by atoms with Crippen molar-refractivity contribution in [2.45, 2.75) is 41.5 Å². The molecule has 72 heavy (non-hydrogen) atoms. The first kappa shape index (κ1) is 44.2. The molecule has 0 unspecified atom stereocenters. The number of hydrogen-bond donors (Lipinski definition) is 0. The monoisotopic (exact) mass is 981 g/mol. The maximum Gasteiger partial charge on any atom is 0.0555 e. The van der Waals surface area contributed by atoms with Gasteiger partial charge in [-0.15, -0.1) is 34.0 Å². The average Bonchev–Trinajstić information content (AvgIpc) is 4.09. The third-order valence-corrected chi connectivity index (χ3v) is 17.9. The van der Waals surface area contributed by atoms with Crippen LogP contribution in [-0.4, -0.2) is 0 Å². The van der Waals surface area contributed by atoms with Gasteiger partial charge < -0.3 is 14.7 Å². The Kier molecular flexibility index (Phi) is 10.8. The highest BCUT2D eigenvalue weighted by Gasteiger charge is 2.29. The Hall–Kier alpha value is -7.74. The molecule has 3 nitrogen and oxygen atoms in total. The summed E-state index contributed by atoms with van der Waals surface area (Å²) < 4.78 is 7.65. The summed E-state index contributed by atoms with van der Waals surface area (Å²) in [5.74, 6) is 0. The highest BCUT2D eigenvalue weighted by molar-refractivity contribution is 7.26. The lowest BCUT2D eigenvalue weighted by Gasteiger charge is -2.36. The van der Waals surface area contributed by atoms with Crippen LogP contribution in [-0.2, 0) is 0 Å². The number of thiophene rings is 3. The fraction of sp³-hybridized carbons (Fsp3) is 0.0909. The largest absolute Gasteiger partial charge is 0.309 e. The number of fused-ring (bicyclic) bond motifs is 9. The molecule has 0 saturated heterocycles. The normalized spacial score (nSPS) is 11.8. The van der Waals surface area contributed by atoms with Gasteiger partial charge in [0.05, 0.1) is 51.2 Å². The zero-order valence-corrected chi connectivity index (χ0v) is 43.6. The maximum absolute atomic E-state index is 2.58. The van der Waals surface area contributed by atoms with E-state index in [4.69, 9.17) is 0 Å². The second-order valence-corrected chi connectivity index (χ2v) is 22.4. The SMILES string of the molecule is Cc1cccc(C)c1N(c1cc(N(c2c(C)cccc2C)c2cccc3sc4ccccc4c23)cc(N(c2c(C)cccc2C)c2cccc3sc4ccccc4c23)c1)c1cccc2sc3ccccc3c12. The summed E-state index contributed by atoms with van der Waals surface area (Å²) in [5.41, 5.74) is 17.5. The Labute approximate surface area is 432 Å². The van der Waals surface area contributed by atoms with Crippen molar-refractivity contribution in [3.63, 3.8) is 0 Å². The summed E-state index contributed by atoms with van der Waals surface area (Å²) in [7, 11) is 0. The summed E-state index contributed by atoms with van der Waals surface area (Å²) in [6.07, 6.45) is 0. The van der Waals surface area contributed by atoms with Gasteiger partial charge in [0, 0.05) is 60.5 Å². The number of hydrogen-bond acceptors (Lipinski definition) is 6. The van der Waals surface area contributed by atoms with Gasteiger partial charge in [0.25, 0.3) is 0 Å². The van der Waals surface area contributed by atoms with E-state index in [1.54, 1.807) is 0 Å². The van der Waals surface area contributed by atoms with Gasteiger partial charge in [-0.3, -0.25) is 0 Å². The quantitative estimate of drug-likeness (QED) is 0.143. The van der Waals surface area contributed by atoms with E-state index in [1.807, 2.05) is 34.0 Å². The van der Waals surface area contributed by atoms with Crippen molar-refractivity contribution in [3.05, 3.63) is 234 Å². The molecule has 0 spiro atoms. The van der Waals surface area contributed by atoms with Crippen LogP contribution >= 0.6 is 34.0 Å². The van der Waals surface area contributed by atoms with Crippen LogP contribution in [0, 0.1) is 41.5 Å². The van der Waals surface area contributed by atoms with Crippen molar-refractivity contribution in [2.75, 3.05) is 14.7 Å². The smallest absolute Gasteiger partial charge is 0.0555 e. The predicted octanol–water partition coefficient (Wildman–Crippen LogP) is 21.1. The Balaban J connectivity index is 1.21. The van der Waals surface area contributed by atoms with E-state index in [-0.39, 0.29) is 0 Å². The zero-order chi connectivity index (χ0) is 48.8. The molecule has 0 fully saturated rings. The van der Waals surface area contributed by atoms with Crippen molar-refractivity contribution >= 4 is 146 Å². The molecule has 348 valence electrons. The molecule has 0 atom stereocenters. The minimum atomic E-state index is 1.07. The Morgan fingerprint density at radius 2 is 0.486 bits per heavy atom. The van der Waals surface area contributed by atoms with Crippen molar-refractivity contribution in [1.29, 1.82) is 0 Å². The first-order valence-corrected chi connectivity index (χ1v) is 27.1. The summed E-state index contributed by atoms with van der Waals surface area (Å²) in [6, 6.07) is 74.9.